The van der Waals surface area contributed by atoms with Crippen molar-refractivity contribution in [1.82, 2.24) is 15.5 Å². The lowest BCUT2D eigenvalue weighted by molar-refractivity contribution is 0.222. The Bertz CT molecular complexity index is 506. The quantitative estimate of drug-likeness (QED) is 0.222. The van der Waals surface area contributed by atoms with Gasteiger partial charge in [0.2, 0.25) is 0 Å². The minimum atomic E-state index is 0. The fraction of sp³-hybridized carbons (Fsp3) is 0.650. The van der Waals surface area contributed by atoms with E-state index in [9.17, 15) is 0 Å². The standard InChI is InChI=1S/C20H36N4O.HI/c1-6-24(7-2)15-11-10-14-22-20(21-5)23-16-18(4)25-19-13-9-8-12-17(19)3;/h8-9,12-13,18H,6-7,10-11,14-16H2,1-5H3,(H2,21,22,23);1H. The highest BCUT2D eigenvalue weighted by Crippen LogP contribution is 2.17. The van der Waals surface area contributed by atoms with Crippen LogP contribution >= 0.6 is 24.0 Å². The highest BCUT2D eigenvalue weighted by Gasteiger charge is 2.07. The Hall–Kier alpha value is -1.02. The van der Waals surface area contributed by atoms with Crippen molar-refractivity contribution in [2.75, 3.05) is 39.8 Å². The summed E-state index contributed by atoms with van der Waals surface area (Å²) in [6, 6.07) is 8.10. The Kier molecular flexibility index (Phi) is 14.5. The molecule has 1 atom stereocenters. The predicted molar refractivity (Wildman–Crippen MR) is 123 cm³/mol. The number of hydrogen-bond donors (Lipinski definition) is 2. The predicted octanol–water partition coefficient (Wildman–Crippen LogP) is 3.67. The third-order valence-electron chi connectivity index (χ3n) is 4.29. The first kappa shape index (κ1) is 25.0. The van der Waals surface area contributed by atoms with Crippen LogP contribution in [0.15, 0.2) is 29.3 Å². The summed E-state index contributed by atoms with van der Waals surface area (Å²) in [6.45, 7) is 13.6. The highest BCUT2D eigenvalue weighted by atomic mass is 127. The van der Waals surface area contributed by atoms with Gasteiger partial charge in [-0.2, -0.15) is 0 Å². The van der Waals surface area contributed by atoms with Crippen LogP contribution < -0.4 is 15.4 Å². The number of guanidine groups is 1. The Balaban J connectivity index is 0.00000625. The van der Waals surface area contributed by atoms with Gasteiger partial charge in [0, 0.05) is 13.6 Å². The average Bonchev–Trinajstić information content (AvgIpc) is 2.62. The first-order valence-corrected chi connectivity index (χ1v) is 9.49. The normalized spacial score (nSPS) is 12.5. The van der Waals surface area contributed by atoms with E-state index in [1.54, 1.807) is 7.05 Å². The van der Waals surface area contributed by atoms with Crippen molar-refractivity contribution < 1.29 is 4.74 Å². The minimum absolute atomic E-state index is 0. The Labute approximate surface area is 177 Å². The molecule has 6 heteroatoms. The molecule has 0 amide bonds. The molecule has 5 nitrogen and oxygen atoms in total. The van der Waals surface area contributed by atoms with E-state index in [0.717, 1.165) is 43.3 Å². The van der Waals surface area contributed by atoms with Crippen molar-refractivity contribution >= 4 is 29.9 Å². The third kappa shape index (κ3) is 10.2. The van der Waals surface area contributed by atoms with Crippen LogP contribution in [-0.2, 0) is 0 Å². The van der Waals surface area contributed by atoms with Gasteiger partial charge in [0.25, 0.3) is 0 Å². The number of nitrogens with zero attached hydrogens (tertiary/aromatic N) is 2. The monoisotopic (exact) mass is 476 g/mol. The fourth-order valence-corrected chi connectivity index (χ4v) is 2.62. The summed E-state index contributed by atoms with van der Waals surface area (Å²) >= 11 is 0. The Morgan fingerprint density at radius 3 is 2.46 bits per heavy atom. The number of benzene rings is 1. The van der Waals surface area contributed by atoms with E-state index in [1.165, 1.54) is 13.0 Å². The molecule has 0 spiro atoms. The average molecular weight is 476 g/mol. The molecule has 0 heterocycles. The first-order chi connectivity index (χ1) is 12.1. The number of aryl methyl sites for hydroxylation is 1. The van der Waals surface area contributed by atoms with Crippen LogP contribution in [0.3, 0.4) is 0 Å². The van der Waals surface area contributed by atoms with Gasteiger partial charge in [0.1, 0.15) is 11.9 Å². The van der Waals surface area contributed by atoms with E-state index < -0.39 is 0 Å². The van der Waals surface area contributed by atoms with Crippen molar-refractivity contribution in [3.63, 3.8) is 0 Å². The lowest BCUT2D eigenvalue weighted by Crippen LogP contribution is -2.42. The van der Waals surface area contributed by atoms with E-state index in [4.69, 9.17) is 4.74 Å². The molecule has 26 heavy (non-hydrogen) atoms. The zero-order valence-electron chi connectivity index (χ0n) is 17.0. The van der Waals surface area contributed by atoms with E-state index in [2.05, 4.69) is 54.3 Å². The molecule has 0 aliphatic heterocycles. The van der Waals surface area contributed by atoms with Gasteiger partial charge in [-0.15, -0.1) is 24.0 Å². The number of nitrogens with one attached hydrogen (secondary N) is 2. The van der Waals surface area contributed by atoms with E-state index in [-0.39, 0.29) is 30.1 Å². The summed E-state index contributed by atoms with van der Waals surface area (Å²) in [4.78, 5) is 6.73. The largest absolute Gasteiger partial charge is 0.489 e. The van der Waals surface area contributed by atoms with Gasteiger partial charge in [0.05, 0.1) is 6.54 Å². The molecule has 0 aliphatic rings. The van der Waals surface area contributed by atoms with Crippen molar-refractivity contribution in [1.29, 1.82) is 0 Å². The molecule has 0 bridgehead atoms. The summed E-state index contributed by atoms with van der Waals surface area (Å²) in [6.07, 6.45) is 2.42. The van der Waals surface area contributed by atoms with Crippen LogP contribution in [0.4, 0.5) is 0 Å². The number of rotatable bonds is 11. The second-order valence-corrected chi connectivity index (χ2v) is 6.31. The molecule has 1 rings (SSSR count). The fourth-order valence-electron chi connectivity index (χ4n) is 2.62. The summed E-state index contributed by atoms with van der Waals surface area (Å²) in [5.74, 6) is 1.78. The molecule has 0 aliphatic carbocycles. The van der Waals surface area contributed by atoms with E-state index in [0.29, 0.717) is 6.54 Å². The molecular formula is C20H37IN4O. The Morgan fingerprint density at radius 2 is 1.85 bits per heavy atom. The van der Waals surface area contributed by atoms with Crippen LogP contribution in [0, 0.1) is 6.92 Å². The van der Waals surface area contributed by atoms with Crippen LogP contribution in [0.2, 0.25) is 0 Å². The van der Waals surface area contributed by atoms with Crippen molar-refractivity contribution in [2.24, 2.45) is 4.99 Å². The van der Waals surface area contributed by atoms with E-state index >= 15 is 0 Å². The number of aliphatic imine (C=N–C) groups is 1. The van der Waals surface area contributed by atoms with Gasteiger partial charge in [-0.1, -0.05) is 32.0 Å². The molecule has 1 aromatic carbocycles. The molecule has 0 saturated carbocycles. The number of unbranched alkanes of at least 4 members (excludes halogenated alkanes) is 1. The van der Waals surface area contributed by atoms with Crippen molar-refractivity contribution in [3.05, 3.63) is 29.8 Å². The summed E-state index contributed by atoms with van der Waals surface area (Å²) in [5, 5.41) is 6.71. The molecule has 0 aromatic heterocycles. The maximum absolute atomic E-state index is 5.98. The zero-order valence-corrected chi connectivity index (χ0v) is 19.4. The molecule has 0 fully saturated rings. The van der Waals surface area contributed by atoms with Gasteiger partial charge in [-0.25, -0.2) is 0 Å². The van der Waals surface area contributed by atoms with Gasteiger partial charge < -0.3 is 20.3 Å². The highest BCUT2D eigenvalue weighted by molar-refractivity contribution is 14.0. The van der Waals surface area contributed by atoms with Crippen LogP contribution in [0.25, 0.3) is 0 Å². The second-order valence-electron chi connectivity index (χ2n) is 6.31. The molecule has 1 unspecified atom stereocenters. The van der Waals surface area contributed by atoms with Crippen molar-refractivity contribution in [3.8, 4) is 5.75 Å². The molecule has 150 valence electrons. The maximum Gasteiger partial charge on any atom is 0.191 e. The number of para-hydroxylation sites is 1. The maximum atomic E-state index is 5.98. The van der Waals surface area contributed by atoms with Gasteiger partial charge >= 0.3 is 0 Å². The number of hydrogen-bond acceptors (Lipinski definition) is 3. The third-order valence-corrected chi connectivity index (χ3v) is 4.29. The zero-order chi connectivity index (χ0) is 18.5. The number of ether oxygens (including phenoxy) is 1. The smallest absolute Gasteiger partial charge is 0.191 e. The van der Waals surface area contributed by atoms with Crippen LogP contribution in [0.5, 0.6) is 5.75 Å². The number of halogens is 1. The van der Waals surface area contributed by atoms with Crippen LogP contribution in [-0.4, -0.2) is 56.7 Å². The van der Waals surface area contributed by atoms with Gasteiger partial charge in [0.15, 0.2) is 5.96 Å². The lowest BCUT2D eigenvalue weighted by atomic mass is 10.2. The second kappa shape index (κ2) is 15.1. The molecular weight excluding hydrogens is 439 g/mol. The molecule has 2 N–H and O–H groups in total. The molecule has 1 aromatic rings. The van der Waals surface area contributed by atoms with Crippen LogP contribution in [0.1, 0.15) is 39.2 Å². The molecule has 0 radical (unpaired) electrons. The van der Waals surface area contributed by atoms with E-state index in [1.807, 2.05) is 18.2 Å². The Morgan fingerprint density at radius 1 is 1.15 bits per heavy atom. The topological polar surface area (TPSA) is 48.9 Å². The first-order valence-electron chi connectivity index (χ1n) is 9.49. The summed E-state index contributed by atoms with van der Waals surface area (Å²) in [7, 11) is 1.80. The molecule has 0 saturated heterocycles. The van der Waals surface area contributed by atoms with Gasteiger partial charge in [-0.05, 0) is 58.0 Å². The summed E-state index contributed by atoms with van der Waals surface area (Å²) in [5.41, 5.74) is 1.16. The van der Waals surface area contributed by atoms with Gasteiger partial charge in [-0.3, -0.25) is 4.99 Å². The SMILES string of the molecule is CCN(CC)CCCCNC(=NC)NCC(C)Oc1ccccc1C.I. The lowest BCUT2D eigenvalue weighted by Gasteiger charge is -2.19. The summed E-state index contributed by atoms with van der Waals surface area (Å²) < 4.78 is 5.98. The minimum Gasteiger partial charge on any atom is -0.489 e. The van der Waals surface area contributed by atoms with Crippen molar-refractivity contribution in [2.45, 2.75) is 46.6 Å².